The van der Waals surface area contributed by atoms with E-state index in [1.165, 1.54) is 0 Å². The fraction of sp³-hybridized carbons (Fsp3) is 1.00. The summed E-state index contributed by atoms with van der Waals surface area (Å²) in [6, 6.07) is 0.921. The van der Waals surface area contributed by atoms with Crippen LogP contribution in [-0.4, -0.2) is 42.3 Å². The highest BCUT2D eigenvalue weighted by molar-refractivity contribution is 6.90. The van der Waals surface area contributed by atoms with Crippen LogP contribution in [0.1, 0.15) is 73.8 Å². The van der Waals surface area contributed by atoms with Gasteiger partial charge in [0.1, 0.15) is 0 Å². The van der Waals surface area contributed by atoms with Crippen LogP contribution in [0.25, 0.3) is 0 Å². The number of rotatable bonds is 9. The Morgan fingerprint density at radius 1 is 0.387 bits per heavy atom. The zero-order valence-corrected chi connectivity index (χ0v) is 21.8. The Hall–Kier alpha value is 0.924. The molecule has 0 fully saturated rings. The van der Waals surface area contributed by atoms with Gasteiger partial charge in [-0.05, 0) is 78.1 Å². The molecule has 0 aromatic rings. The van der Waals surface area contributed by atoms with Gasteiger partial charge in [0, 0.05) is 0 Å². The molecular weight excluding hydrogens is 469 g/mol. The molecule has 0 heterocycles. The molecule has 206 valence electrons. The summed E-state index contributed by atoms with van der Waals surface area (Å²) in [4.78, 5) is 0. The van der Waals surface area contributed by atoms with Crippen LogP contribution in [0.15, 0.2) is 0 Å². The predicted molar refractivity (Wildman–Crippen MR) is 169 cm³/mol. The monoisotopic (exact) mass is 542 g/mol. The highest BCUT2D eigenvalue weighted by Gasteiger charge is 2.46. The number of hydrogen-bond donors (Lipinski definition) is 0. The van der Waals surface area contributed by atoms with Crippen LogP contribution in [0.5, 0.6) is 0 Å². The van der Waals surface area contributed by atoms with Crippen LogP contribution in [0.2, 0.25) is 78.1 Å². The lowest BCUT2D eigenvalue weighted by atomic mass is 11.0. The third-order valence-electron chi connectivity index (χ3n) is 2.67. The van der Waals surface area contributed by atoms with Gasteiger partial charge in [0.15, 0.2) is 16.6 Å². The van der Waals surface area contributed by atoms with E-state index in [9.17, 15) is 0 Å². The molecule has 0 aromatic heterocycles. The molecule has 9 heteroatoms. The first kappa shape index (κ1) is 63.5. The van der Waals surface area contributed by atoms with Gasteiger partial charge in [0.25, 0.3) is 0 Å². The molecule has 0 aliphatic rings. The minimum atomic E-state index is -2.28. The Labute approximate surface area is 210 Å². The minimum Gasteiger partial charge on any atom is -0.437 e. The molecule has 0 N–H and O–H groups in total. The molecule has 0 radical (unpaired) electrons. The third kappa shape index (κ3) is 33.2. The fourth-order valence-corrected chi connectivity index (χ4v) is 25.6. The molecule has 0 spiro atoms. The Morgan fingerprint density at radius 3 is 0.710 bits per heavy atom. The third-order valence-corrected chi connectivity index (χ3v) is 20.2. The summed E-state index contributed by atoms with van der Waals surface area (Å²) in [7, 11) is -9.85. The first-order chi connectivity index (χ1) is 9.39. The van der Waals surface area contributed by atoms with Gasteiger partial charge in [-0.2, -0.15) is 0 Å². The van der Waals surface area contributed by atoms with Crippen molar-refractivity contribution in [3.63, 3.8) is 0 Å². The van der Waals surface area contributed by atoms with E-state index in [2.05, 4.69) is 78.9 Å². The maximum absolute atomic E-state index is 6.54. The summed E-state index contributed by atoms with van der Waals surface area (Å²) in [6.45, 7) is 26.2. The molecule has 0 aliphatic carbocycles. The second kappa shape index (κ2) is 21.5. The molecule has 31 heavy (non-hydrogen) atoms. The first-order valence-corrected chi connectivity index (χ1v) is 23.2. The molecule has 0 amide bonds. The highest BCUT2D eigenvalue weighted by atomic mass is 28.5. The van der Waals surface area contributed by atoms with Crippen LogP contribution >= 0.6 is 0 Å². The summed E-state index contributed by atoms with van der Waals surface area (Å²) in [5.74, 6) is 0. The minimum absolute atomic E-state index is 0. The van der Waals surface area contributed by atoms with Gasteiger partial charge in [-0.3, -0.25) is 0 Å². The van der Waals surface area contributed by atoms with Crippen molar-refractivity contribution in [3.8, 4) is 0 Å². The predicted octanol–water partition coefficient (Wildman–Crippen LogP) is 10.9. The Kier molecular flexibility index (Phi) is 44.0. The van der Waals surface area contributed by atoms with Gasteiger partial charge in [0.2, 0.25) is 0 Å². The molecule has 0 saturated heterocycles. The second-order valence-electron chi connectivity index (χ2n) is 8.92. The summed E-state index contributed by atoms with van der Waals surface area (Å²) in [5, 5.41) is 0. The summed E-state index contributed by atoms with van der Waals surface area (Å²) < 4.78 is 25.7. The smallest absolute Gasteiger partial charge is 0.317 e. The quantitative estimate of drug-likeness (QED) is 0.271. The van der Waals surface area contributed by atoms with Crippen molar-refractivity contribution in [2.75, 3.05) is 0 Å². The molecule has 4 nitrogen and oxygen atoms in total. The topological polar surface area (TPSA) is 36.9 Å². The van der Waals surface area contributed by atoms with E-state index in [1.807, 2.05) is 0 Å². The zero-order chi connectivity index (χ0) is 18.0. The molecular formula is C22H74O4Si5. The van der Waals surface area contributed by atoms with Crippen molar-refractivity contribution in [2.45, 2.75) is 152 Å². The van der Waals surface area contributed by atoms with Crippen molar-refractivity contribution in [1.82, 2.24) is 0 Å². The summed E-state index contributed by atoms with van der Waals surface area (Å²) in [5.41, 5.74) is 0. The normalized spacial score (nSPS) is 10.8. The average Bonchev–Trinajstić information content (AvgIpc) is 2.05. The van der Waals surface area contributed by atoms with Crippen molar-refractivity contribution in [2.24, 2.45) is 0 Å². The molecule has 0 aliphatic heterocycles. The van der Waals surface area contributed by atoms with E-state index in [1.54, 1.807) is 0 Å². The van der Waals surface area contributed by atoms with Crippen molar-refractivity contribution < 1.29 is 16.5 Å². The molecule has 0 unspecified atom stereocenters. The zero-order valence-electron chi connectivity index (χ0n) is 16.8. The van der Waals surface area contributed by atoms with Crippen molar-refractivity contribution >= 4 is 42.3 Å². The molecule has 0 atom stereocenters. The molecule has 0 aromatic carbocycles. The van der Waals surface area contributed by atoms with Crippen molar-refractivity contribution in [1.29, 1.82) is 0 Å². The molecule has 0 saturated carbocycles. The Balaban J connectivity index is -0.0000000612. The van der Waals surface area contributed by atoms with Crippen LogP contribution in [-0.2, 0) is 16.5 Å². The Morgan fingerprint density at radius 2 is 0.581 bits per heavy atom. The average molecular weight is 543 g/mol. The summed E-state index contributed by atoms with van der Waals surface area (Å²) in [6.07, 6.45) is 0. The van der Waals surface area contributed by atoms with E-state index >= 15 is 0 Å². The SMILES string of the molecule is C.C.C.C.C.C.C.C.C.CC[Si](C)(O[Si](C)(C)O[Si](C)(C)C)O[Si](C)(C)O[Si](C)(C)C. The van der Waals surface area contributed by atoms with Gasteiger partial charge in [-0.15, -0.1) is 0 Å². The summed E-state index contributed by atoms with van der Waals surface area (Å²) >= 11 is 0. The van der Waals surface area contributed by atoms with Crippen molar-refractivity contribution in [3.05, 3.63) is 0 Å². The van der Waals surface area contributed by atoms with Crippen LogP contribution in [0, 0.1) is 0 Å². The lowest BCUT2D eigenvalue weighted by Crippen LogP contribution is -2.59. The van der Waals surface area contributed by atoms with E-state index in [0.29, 0.717) is 0 Å². The Bertz CT molecular complexity index is 336. The molecule has 0 rings (SSSR count). The largest absolute Gasteiger partial charge is 0.437 e. The van der Waals surface area contributed by atoms with Crippen LogP contribution < -0.4 is 0 Å². The second-order valence-corrected chi connectivity index (χ2v) is 29.2. The van der Waals surface area contributed by atoms with Gasteiger partial charge in [-0.1, -0.05) is 73.8 Å². The van der Waals surface area contributed by atoms with Gasteiger partial charge >= 0.3 is 25.7 Å². The van der Waals surface area contributed by atoms with E-state index in [-0.39, 0.29) is 66.8 Å². The van der Waals surface area contributed by atoms with Gasteiger partial charge < -0.3 is 16.5 Å². The van der Waals surface area contributed by atoms with Gasteiger partial charge in [0.05, 0.1) is 0 Å². The van der Waals surface area contributed by atoms with Crippen LogP contribution in [0.3, 0.4) is 0 Å². The van der Waals surface area contributed by atoms with E-state index in [0.717, 1.165) is 6.04 Å². The van der Waals surface area contributed by atoms with Gasteiger partial charge in [-0.25, -0.2) is 0 Å². The standard InChI is InChI=1S/C13H38O4Si5.9CH4/c1-13-22(12,16-20(8,9)14-18(2,3)4)17-21(10,11)15-19(5,6)7;;;;;;;;;/h13H2,1-12H3;9*1H4. The lowest BCUT2D eigenvalue weighted by Gasteiger charge is -2.42. The van der Waals surface area contributed by atoms with Crippen LogP contribution in [0.4, 0.5) is 0 Å². The fourth-order valence-electron chi connectivity index (χ4n) is 2.72. The van der Waals surface area contributed by atoms with E-state index < -0.39 is 42.3 Å². The first-order valence-electron chi connectivity index (χ1n) is 8.19. The maximum atomic E-state index is 6.54. The number of hydrogen-bond acceptors (Lipinski definition) is 4. The highest BCUT2D eigenvalue weighted by Crippen LogP contribution is 2.28. The maximum Gasteiger partial charge on any atom is 0.317 e. The lowest BCUT2D eigenvalue weighted by molar-refractivity contribution is 0.294. The molecule has 0 bridgehead atoms. The van der Waals surface area contributed by atoms with E-state index in [4.69, 9.17) is 16.5 Å².